The number of carbonyl (C=O) groups excluding carboxylic acids is 1. The number of esters is 1. The number of hydrogen-bond donors (Lipinski definition) is 0. The molecule has 0 fully saturated rings. The Kier molecular flexibility index (Phi) is 5.09. The molecule has 88 valence electrons. The van der Waals surface area contributed by atoms with Gasteiger partial charge in [0, 0.05) is 10.6 Å². The first kappa shape index (κ1) is 13.3. The monoisotopic (exact) mass is 306 g/mol. The van der Waals surface area contributed by atoms with E-state index < -0.39 is 4.83 Å². The Morgan fingerprint density at radius 2 is 2.25 bits per heavy atom. The fraction of sp³-hybridized carbons (Fsp3) is 0.364. The van der Waals surface area contributed by atoms with E-state index in [9.17, 15) is 4.79 Å². The van der Waals surface area contributed by atoms with Gasteiger partial charge in [0.1, 0.15) is 10.6 Å². The van der Waals surface area contributed by atoms with Gasteiger partial charge in [-0.05, 0) is 25.1 Å². The number of benzene rings is 1. The highest BCUT2D eigenvalue weighted by Crippen LogP contribution is 2.34. The molecule has 1 atom stereocenters. The molecule has 0 unspecified atom stereocenters. The van der Waals surface area contributed by atoms with Crippen molar-refractivity contribution in [2.45, 2.75) is 11.8 Å². The number of carbonyl (C=O) groups is 1. The molecule has 0 bridgehead atoms. The van der Waals surface area contributed by atoms with Crippen molar-refractivity contribution in [2.75, 3.05) is 13.7 Å². The van der Waals surface area contributed by atoms with E-state index in [4.69, 9.17) is 21.1 Å². The highest BCUT2D eigenvalue weighted by molar-refractivity contribution is 9.09. The van der Waals surface area contributed by atoms with Crippen molar-refractivity contribution in [3.63, 3.8) is 0 Å². The fourth-order valence-corrected chi connectivity index (χ4v) is 1.92. The van der Waals surface area contributed by atoms with Gasteiger partial charge in [0.2, 0.25) is 0 Å². The van der Waals surface area contributed by atoms with E-state index in [-0.39, 0.29) is 5.97 Å². The van der Waals surface area contributed by atoms with Gasteiger partial charge >= 0.3 is 5.97 Å². The predicted molar refractivity (Wildman–Crippen MR) is 66.3 cm³/mol. The van der Waals surface area contributed by atoms with Gasteiger partial charge < -0.3 is 9.47 Å². The van der Waals surface area contributed by atoms with Crippen LogP contribution in [0, 0.1) is 0 Å². The first-order valence-corrected chi connectivity index (χ1v) is 6.03. The van der Waals surface area contributed by atoms with E-state index >= 15 is 0 Å². The van der Waals surface area contributed by atoms with Gasteiger partial charge in [-0.25, -0.2) is 0 Å². The molecule has 0 spiro atoms. The standard InChI is InChI=1S/C11H12BrClO3/c1-3-16-11(14)10(12)8-6-7(13)4-5-9(8)15-2/h4-6,10H,3H2,1-2H3/t10-/m0/s1. The smallest absolute Gasteiger partial charge is 0.324 e. The lowest BCUT2D eigenvalue weighted by atomic mass is 10.1. The van der Waals surface area contributed by atoms with Crippen molar-refractivity contribution in [1.82, 2.24) is 0 Å². The third-order valence-corrected chi connectivity index (χ3v) is 3.06. The molecule has 0 aliphatic rings. The van der Waals surface area contributed by atoms with Gasteiger partial charge in [0.05, 0.1) is 13.7 Å². The summed E-state index contributed by atoms with van der Waals surface area (Å²) in [5.74, 6) is 0.238. The summed E-state index contributed by atoms with van der Waals surface area (Å²) >= 11 is 9.14. The number of halogens is 2. The van der Waals surface area contributed by atoms with Crippen LogP contribution in [0.3, 0.4) is 0 Å². The maximum atomic E-state index is 11.6. The van der Waals surface area contributed by atoms with Crippen LogP contribution in [0.2, 0.25) is 5.02 Å². The van der Waals surface area contributed by atoms with E-state index in [0.29, 0.717) is 22.9 Å². The van der Waals surface area contributed by atoms with Gasteiger partial charge in [-0.2, -0.15) is 0 Å². The second-order valence-corrected chi connectivity index (χ2v) is 4.35. The van der Waals surface area contributed by atoms with E-state index in [2.05, 4.69) is 15.9 Å². The zero-order chi connectivity index (χ0) is 12.1. The first-order valence-electron chi connectivity index (χ1n) is 4.74. The summed E-state index contributed by atoms with van der Waals surface area (Å²) in [6, 6.07) is 5.09. The van der Waals surface area contributed by atoms with E-state index in [0.717, 1.165) is 0 Å². The quantitative estimate of drug-likeness (QED) is 0.632. The van der Waals surface area contributed by atoms with Gasteiger partial charge in [-0.1, -0.05) is 27.5 Å². The summed E-state index contributed by atoms with van der Waals surface area (Å²) < 4.78 is 10.1. The molecule has 0 saturated carbocycles. The second-order valence-electron chi connectivity index (χ2n) is 3.00. The third kappa shape index (κ3) is 3.12. The lowest BCUT2D eigenvalue weighted by molar-refractivity contribution is -0.142. The summed E-state index contributed by atoms with van der Waals surface area (Å²) in [5, 5.41) is 0.546. The van der Waals surface area contributed by atoms with Crippen molar-refractivity contribution < 1.29 is 14.3 Å². The molecule has 1 rings (SSSR count). The van der Waals surface area contributed by atoms with E-state index in [1.807, 2.05) is 0 Å². The highest BCUT2D eigenvalue weighted by Gasteiger charge is 2.22. The minimum Gasteiger partial charge on any atom is -0.496 e. The Hall–Kier alpha value is -0.740. The van der Waals surface area contributed by atoms with E-state index in [1.165, 1.54) is 7.11 Å². The van der Waals surface area contributed by atoms with Crippen molar-refractivity contribution in [3.8, 4) is 5.75 Å². The van der Waals surface area contributed by atoms with Gasteiger partial charge in [0.25, 0.3) is 0 Å². The molecule has 0 aliphatic heterocycles. The Morgan fingerprint density at radius 3 is 2.81 bits per heavy atom. The normalized spacial score (nSPS) is 12.0. The number of hydrogen-bond acceptors (Lipinski definition) is 3. The number of methoxy groups -OCH3 is 1. The van der Waals surface area contributed by atoms with Crippen molar-refractivity contribution in [2.24, 2.45) is 0 Å². The molecule has 0 heterocycles. The summed E-state index contributed by atoms with van der Waals surface area (Å²) in [7, 11) is 1.54. The molecule has 0 saturated heterocycles. The lowest BCUT2D eigenvalue weighted by Gasteiger charge is -2.13. The molecule has 5 heteroatoms. The summed E-state index contributed by atoms with van der Waals surface area (Å²) in [5.41, 5.74) is 0.661. The zero-order valence-corrected chi connectivity index (χ0v) is 11.3. The van der Waals surface area contributed by atoms with Crippen LogP contribution in [0.25, 0.3) is 0 Å². The molecule has 0 aromatic heterocycles. The number of alkyl halides is 1. The molecule has 1 aromatic rings. The van der Waals surface area contributed by atoms with Crippen LogP contribution in [0.1, 0.15) is 17.3 Å². The second kappa shape index (κ2) is 6.11. The Labute approximate surface area is 108 Å². The van der Waals surface area contributed by atoms with Gasteiger partial charge in [0.15, 0.2) is 0 Å². The topological polar surface area (TPSA) is 35.5 Å². The summed E-state index contributed by atoms with van der Waals surface area (Å²) in [6.07, 6.45) is 0. The Balaban J connectivity index is 3.01. The highest BCUT2D eigenvalue weighted by atomic mass is 79.9. The molecular formula is C11H12BrClO3. The minimum absolute atomic E-state index is 0.337. The molecule has 0 amide bonds. The Bertz CT molecular complexity index is 381. The first-order chi connectivity index (χ1) is 7.60. The summed E-state index contributed by atoms with van der Waals surface area (Å²) in [4.78, 5) is 11.0. The average molecular weight is 308 g/mol. The van der Waals surface area contributed by atoms with Crippen LogP contribution in [0.15, 0.2) is 18.2 Å². The number of ether oxygens (including phenoxy) is 2. The third-order valence-electron chi connectivity index (χ3n) is 1.96. The molecule has 0 aliphatic carbocycles. The lowest BCUT2D eigenvalue weighted by Crippen LogP contribution is -2.11. The van der Waals surface area contributed by atoms with Crippen LogP contribution in [0.4, 0.5) is 0 Å². The van der Waals surface area contributed by atoms with E-state index in [1.54, 1.807) is 25.1 Å². The minimum atomic E-state index is -0.568. The average Bonchev–Trinajstić information content (AvgIpc) is 2.28. The Morgan fingerprint density at radius 1 is 1.56 bits per heavy atom. The zero-order valence-electron chi connectivity index (χ0n) is 9.00. The molecular weight excluding hydrogens is 295 g/mol. The molecule has 0 N–H and O–H groups in total. The van der Waals surface area contributed by atoms with Crippen LogP contribution in [-0.2, 0) is 9.53 Å². The predicted octanol–water partition coefficient (Wildman–Crippen LogP) is 3.35. The van der Waals surface area contributed by atoms with Crippen LogP contribution in [-0.4, -0.2) is 19.7 Å². The van der Waals surface area contributed by atoms with Crippen molar-refractivity contribution >= 4 is 33.5 Å². The maximum Gasteiger partial charge on any atom is 0.324 e. The van der Waals surface area contributed by atoms with Crippen LogP contribution >= 0.6 is 27.5 Å². The molecule has 3 nitrogen and oxygen atoms in total. The summed E-state index contributed by atoms with van der Waals surface area (Å²) in [6.45, 7) is 2.09. The largest absolute Gasteiger partial charge is 0.496 e. The number of rotatable bonds is 4. The maximum absolute atomic E-state index is 11.6. The van der Waals surface area contributed by atoms with Gasteiger partial charge in [-0.3, -0.25) is 4.79 Å². The molecule has 1 aromatic carbocycles. The van der Waals surface area contributed by atoms with Crippen molar-refractivity contribution in [1.29, 1.82) is 0 Å². The molecule has 16 heavy (non-hydrogen) atoms. The van der Waals surface area contributed by atoms with Gasteiger partial charge in [-0.15, -0.1) is 0 Å². The van der Waals surface area contributed by atoms with Crippen molar-refractivity contribution in [3.05, 3.63) is 28.8 Å². The SMILES string of the molecule is CCOC(=O)[C@@H](Br)c1cc(Cl)ccc1OC. The van der Waals surface area contributed by atoms with Crippen LogP contribution in [0.5, 0.6) is 5.75 Å². The van der Waals surface area contributed by atoms with Crippen LogP contribution < -0.4 is 4.74 Å². The molecule has 0 radical (unpaired) electrons. The fourth-order valence-electron chi connectivity index (χ4n) is 1.25.